The monoisotopic (exact) mass is 316 g/mol. The Labute approximate surface area is 127 Å². The Kier molecular flexibility index (Phi) is 3.68. The number of hydrogen-bond donors (Lipinski definition) is 1. The van der Waals surface area contributed by atoms with Crippen LogP contribution in [-0.4, -0.2) is 13.0 Å². The van der Waals surface area contributed by atoms with Crippen LogP contribution in [0.2, 0.25) is 0 Å². The Morgan fingerprint density at radius 2 is 1.59 bits per heavy atom. The van der Waals surface area contributed by atoms with E-state index in [9.17, 15) is 17.4 Å². The van der Waals surface area contributed by atoms with Gasteiger partial charge in [0, 0.05) is 5.39 Å². The van der Waals surface area contributed by atoms with Gasteiger partial charge in [-0.05, 0) is 29.0 Å². The van der Waals surface area contributed by atoms with Crippen molar-refractivity contribution in [2.75, 3.05) is 0 Å². The first-order chi connectivity index (χ1) is 10.5. The lowest BCUT2D eigenvalue weighted by atomic mass is 10.0. The summed E-state index contributed by atoms with van der Waals surface area (Å²) in [5.41, 5.74) is 1.08. The third kappa shape index (κ3) is 2.73. The molecule has 0 aliphatic heterocycles. The molecule has 0 saturated carbocycles. The van der Waals surface area contributed by atoms with Gasteiger partial charge in [-0.1, -0.05) is 54.6 Å². The minimum absolute atomic E-state index is 0.173. The molecule has 3 aromatic rings. The van der Waals surface area contributed by atoms with Crippen molar-refractivity contribution < 1.29 is 17.4 Å². The molecule has 0 amide bonds. The summed E-state index contributed by atoms with van der Waals surface area (Å²) in [7, 11) is -4.65. The number of benzene rings is 3. The minimum Gasteiger partial charge on any atom is -0.282 e. The summed E-state index contributed by atoms with van der Waals surface area (Å²) in [5.74, 6) is -0.911. The molecule has 1 N–H and O–H groups in total. The fraction of sp³-hybridized carbons (Fsp3) is 0.0588. The molecular weight excluding hydrogens is 303 g/mol. The normalized spacial score (nSPS) is 11.7. The molecular formula is C17H13FO3S. The first-order valence-corrected chi connectivity index (χ1v) is 8.12. The summed E-state index contributed by atoms with van der Waals surface area (Å²) in [4.78, 5) is -0.643. The third-order valence-electron chi connectivity index (χ3n) is 3.51. The molecule has 0 aromatic heterocycles. The lowest BCUT2D eigenvalue weighted by Gasteiger charge is -2.11. The average molecular weight is 316 g/mol. The smallest absolute Gasteiger partial charge is 0.282 e. The van der Waals surface area contributed by atoms with Gasteiger partial charge in [0.2, 0.25) is 0 Å². The maximum atomic E-state index is 14.6. The maximum Gasteiger partial charge on any atom is 0.297 e. The Bertz CT molecular complexity index is 935. The fourth-order valence-corrected chi connectivity index (χ4v) is 3.36. The van der Waals surface area contributed by atoms with Gasteiger partial charge in [0.1, 0.15) is 4.90 Å². The second kappa shape index (κ2) is 5.51. The molecule has 0 aliphatic rings. The van der Waals surface area contributed by atoms with Crippen molar-refractivity contribution >= 4 is 20.9 Å². The Hall–Kier alpha value is -2.24. The molecule has 3 aromatic carbocycles. The highest BCUT2D eigenvalue weighted by atomic mass is 32.2. The van der Waals surface area contributed by atoms with Crippen LogP contribution in [0.1, 0.15) is 11.1 Å². The molecule has 0 atom stereocenters. The molecule has 0 aliphatic carbocycles. The molecule has 0 bridgehead atoms. The van der Waals surface area contributed by atoms with E-state index in [0.29, 0.717) is 5.39 Å². The highest BCUT2D eigenvalue weighted by molar-refractivity contribution is 7.86. The average Bonchev–Trinajstić information content (AvgIpc) is 2.47. The summed E-state index contributed by atoms with van der Waals surface area (Å²) < 4.78 is 47.3. The topological polar surface area (TPSA) is 54.4 Å². The maximum absolute atomic E-state index is 14.6. The van der Waals surface area contributed by atoms with Gasteiger partial charge in [0.05, 0.1) is 0 Å². The third-order valence-corrected chi connectivity index (χ3v) is 4.47. The van der Waals surface area contributed by atoms with Crippen LogP contribution in [0.3, 0.4) is 0 Å². The zero-order valence-corrected chi connectivity index (χ0v) is 12.3. The van der Waals surface area contributed by atoms with Gasteiger partial charge >= 0.3 is 0 Å². The molecule has 3 nitrogen and oxygen atoms in total. The van der Waals surface area contributed by atoms with Crippen molar-refractivity contribution in [1.82, 2.24) is 0 Å². The lowest BCUT2D eigenvalue weighted by molar-refractivity contribution is 0.473. The summed E-state index contributed by atoms with van der Waals surface area (Å²) in [6.07, 6.45) is 0.220. The molecule has 5 heteroatoms. The van der Waals surface area contributed by atoms with E-state index in [-0.39, 0.29) is 17.4 Å². The predicted octanol–water partition coefficient (Wildman–Crippen LogP) is 3.82. The Morgan fingerprint density at radius 1 is 0.955 bits per heavy atom. The van der Waals surface area contributed by atoms with Gasteiger partial charge in [-0.25, -0.2) is 4.39 Å². The molecule has 112 valence electrons. The number of hydrogen-bond acceptors (Lipinski definition) is 2. The van der Waals surface area contributed by atoms with Crippen LogP contribution in [0.15, 0.2) is 65.6 Å². The van der Waals surface area contributed by atoms with E-state index >= 15 is 0 Å². The summed E-state index contributed by atoms with van der Waals surface area (Å²) in [5, 5.41) is 0.769. The Balaban J connectivity index is 2.28. The van der Waals surface area contributed by atoms with Gasteiger partial charge in [0.15, 0.2) is 5.82 Å². The van der Waals surface area contributed by atoms with Crippen molar-refractivity contribution in [2.45, 2.75) is 11.3 Å². The molecule has 0 unspecified atom stereocenters. The highest BCUT2D eigenvalue weighted by Gasteiger charge is 2.23. The van der Waals surface area contributed by atoms with Crippen molar-refractivity contribution in [2.24, 2.45) is 0 Å². The molecule has 0 fully saturated rings. The lowest BCUT2D eigenvalue weighted by Crippen LogP contribution is -2.08. The van der Waals surface area contributed by atoms with E-state index in [1.165, 1.54) is 6.07 Å². The second-order valence-corrected chi connectivity index (χ2v) is 6.40. The quantitative estimate of drug-likeness (QED) is 0.747. The van der Waals surface area contributed by atoms with Crippen molar-refractivity contribution in [3.05, 3.63) is 77.6 Å². The predicted molar refractivity (Wildman–Crippen MR) is 83.0 cm³/mol. The van der Waals surface area contributed by atoms with Crippen LogP contribution in [0.5, 0.6) is 0 Å². The summed E-state index contributed by atoms with van der Waals surface area (Å²) >= 11 is 0. The van der Waals surface area contributed by atoms with Crippen LogP contribution in [0.4, 0.5) is 4.39 Å². The zero-order valence-electron chi connectivity index (χ0n) is 11.5. The Morgan fingerprint density at radius 3 is 2.27 bits per heavy atom. The van der Waals surface area contributed by atoms with Crippen LogP contribution < -0.4 is 0 Å². The fourth-order valence-electron chi connectivity index (χ4n) is 2.57. The molecule has 3 rings (SSSR count). The van der Waals surface area contributed by atoms with Crippen LogP contribution in [0, 0.1) is 5.82 Å². The first kappa shape index (κ1) is 14.7. The van der Waals surface area contributed by atoms with E-state index in [2.05, 4.69) is 0 Å². The molecule has 0 heterocycles. The van der Waals surface area contributed by atoms with Gasteiger partial charge in [-0.15, -0.1) is 0 Å². The van der Waals surface area contributed by atoms with Gasteiger partial charge in [0.25, 0.3) is 10.1 Å². The molecule has 22 heavy (non-hydrogen) atoms. The standard InChI is InChI=1S/C17H13FO3S/c18-16-15-9-5-4-8-13(15)11-14(17(16)22(19,20)21)10-12-6-2-1-3-7-12/h1-9,11H,10H2,(H,19,20,21). The zero-order chi connectivity index (χ0) is 15.7. The van der Waals surface area contributed by atoms with Gasteiger partial charge < -0.3 is 0 Å². The van der Waals surface area contributed by atoms with Crippen LogP contribution >= 0.6 is 0 Å². The molecule has 0 spiro atoms. The van der Waals surface area contributed by atoms with Crippen molar-refractivity contribution in [1.29, 1.82) is 0 Å². The van der Waals surface area contributed by atoms with E-state index in [1.54, 1.807) is 24.3 Å². The van der Waals surface area contributed by atoms with Gasteiger partial charge in [-0.2, -0.15) is 8.42 Å². The van der Waals surface area contributed by atoms with E-state index in [0.717, 1.165) is 5.56 Å². The molecule has 0 radical (unpaired) electrons. The van der Waals surface area contributed by atoms with E-state index in [1.807, 2.05) is 30.3 Å². The SMILES string of the molecule is O=S(=O)(O)c1c(Cc2ccccc2)cc2ccccc2c1F. The van der Waals surface area contributed by atoms with Crippen molar-refractivity contribution in [3.8, 4) is 0 Å². The number of fused-ring (bicyclic) bond motifs is 1. The van der Waals surface area contributed by atoms with Crippen molar-refractivity contribution in [3.63, 3.8) is 0 Å². The van der Waals surface area contributed by atoms with E-state index in [4.69, 9.17) is 0 Å². The number of rotatable bonds is 3. The van der Waals surface area contributed by atoms with Crippen LogP contribution in [-0.2, 0) is 16.5 Å². The minimum atomic E-state index is -4.65. The second-order valence-electron chi connectivity index (χ2n) is 5.04. The first-order valence-electron chi connectivity index (χ1n) is 6.68. The largest absolute Gasteiger partial charge is 0.297 e. The summed E-state index contributed by atoms with van der Waals surface area (Å²) in [6.45, 7) is 0. The van der Waals surface area contributed by atoms with Crippen LogP contribution in [0.25, 0.3) is 10.8 Å². The van der Waals surface area contributed by atoms with E-state index < -0.39 is 20.8 Å². The molecule has 0 saturated heterocycles. The number of halogens is 1. The van der Waals surface area contributed by atoms with Gasteiger partial charge in [-0.3, -0.25) is 4.55 Å². The summed E-state index contributed by atoms with van der Waals surface area (Å²) in [6, 6.07) is 17.3. The highest BCUT2D eigenvalue weighted by Crippen LogP contribution is 2.29.